The van der Waals surface area contributed by atoms with Crippen molar-refractivity contribution in [2.75, 3.05) is 40.0 Å². The van der Waals surface area contributed by atoms with E-state index in [1.165, 1.54) is 0 Å². The quantitative estimate of drug-likeness (QED) is 0.591. The van der Waals surface area contributed by atoms with Crippen molar-refractivity contribution in [2.24, 2.45) is 0 Å². The average Bonchev–Trinajstić information content (AvgIpc) is 2.69. The minimum Gasteiger partial charge on any atom is -0.355 e. The molecule has 84 valence electrons. The molecule has 0 spiro atoms. The van der Waals surface area contributed by atoms with Gasteiger partial charge < -0.3 is 24.3 Å². The smallest absolute Gasteiger partial charge is 0.170 e. The molecule has 14 heavy (non-hydrogen) atoms. The standard InChI is InChI=1S/C9H19NO4/c1-3-12-8(11-2)6-10-7-9-13-4-5-14-9/h8-10H,3-7H2,1-2H3. The molecule has 1 heterocycles. The molecule has 0 aromatic heterocycles. The molecule has 0 aromatic rings. The first-order valence-electron chi connectivity index (χ1n) is 4.95. The zero-order valence-electron chi connectivity index (χ0n) is 8.82. The van der Waals surface area contributed by atoms with Crippen molar-refractivity contribution in [3.8, 4) is 0 Å². The lowest BCUT2D eigenvalue weighted by molar-refractivity contribution is -0.119. The summed E-state index contributed by atoms with van der Waals surface area (Å²) < 4.78 is 20.9. The predicted molar refractivity (Wildman–Crippen MR) is 51.0 cm³/mol. The van der Waals surface area contributed by atoms with Gasteiger partial charge in [0.1, 0.15) is 0 Å². The van der Waals surface area contributed by atoms with Crippen LogP contribution in [0.5, 0.6) is 0 Å². The molecule has 1 saturated heterocycles. The van der Waals surface area contributed by atoms with Crippen LogP contribution in [0.4, 0.5) is 0 Å². The number of nitrogens with one attached hydrogen (secondary N) is 1. The molecule has 0 aliphatic carbocycles. The SMILES string of the molecule is CCOC(CNCC1OCCO1)OC. The molecule has 1 fully saturated rings. The van der Waals surface area contributed by atoms with E-state index in [1.807, 2.05) is 6.92 Å². The number of hydrogen-bond donors (Lipinski definition) is 1. The van der Waals surface area contributed by atoms with Crippen molar-refractivity contribution in [2.45, 2.75) is 19.5 Å². The Bertz CT molecular complexity index is 139. The topological polar surface area (TPSA) is 49.0 Å². The van der Waals surface area contributed by atoms with Gasteiger partial charge in [-0.1, -0.05) is 0 Å². The van der Waals surface area contributed by atoms with Crippen LogP contribution < -0.4 is 5.32 Å². The molecule has 0 saturated carbocycles. The number of ether oxygens (including phenoxy) is 4. The monoisotopic (exact) mass is 205 g/mol. The van der Waals surface area contributed by atoms with Crippen LogP contribution in [-0.2, 0) is 18.9 Å². The van der Waals surface area contributed by atoms with Crippen LogP contribution in [-0.4, -0.2) is 52.6 Å². The van der Waals surface area contributed by atoms with Gasteiger partial charge in [-0.2, -0.15) is 0 Å². The molecule has 0 aromatic carbocycles. The Morgan fingerprint density at radius 1 is 1.43 bits per heavy atom. The van der Waals surface area contributed by atoms with Crippen LogP contribution in [0, 0.1) is 0 Å². The highest BCUT2D eigenvalue weighted by atomic mass is 16.7. The van der Waals surface area contributed by atoms with Crippen molar-refractivity contribution >= 4 is 0 Å². The second-order valence-electron chi connectivity index (χ2n) is 2.95. The minimum absolute atomic E-state index is 0.117. The summed E-state index contributed by atoms with van der Waals surface area (Å²) in [5.74, 6) is 0. The molecule has 1 aliphatic heterocycles. The predicted octanol–water partition coefficient (Wildman–Crippen LogP) is -0.0421. The third-order valence-corrected chi connectivity index (χ3v) is 1.93. The van der Waals surface area contributed by atoms with Gasteiger partial charge in [0, 0.05) is 26.8 Å². The summed E-state index contributed by atoms with van der Waals surface area (Å²) in [6.07, 6.45) is -0.310. The van der Waals surface area contributed by atoms with Gasteiger partial charge in [0.2, 0.25) is 0 Å². The van der Waals surface area contributed by atoms with Crippen LogP contribution in [0.2, 0.25) is 0 Å². The summed E-state index contributed by atoms with van der Waals surface area (Å²) >= 11 is 0. The molecule has 1 aliphatic rings. The molecule has 1 atom stereocenters. The first-order valence-corrected chi connectivity index (χ1v) is 4.95. The molecule has 1 unspecified atom stereocenters. The van der Waals surface area contributed by atoms with Gasteiger partial charge >= 0.3 is 0 Å². The van der Waals surface area contributed by atoms with Gasteiger partial charge in [-0.15, -0.1) is 0 Å². The molecule has 0 radical (unpaired) electrons. The fourth-order valence-electron chi connectivity index (χ4n) is 1.24. The van der Waals surface area contributed by atoms with Crippen molar-refractivity contribution in [1.82, 2.24) is 5.32 Å². The maximum absolute atomic E-state index is 5.29. The molecule has 1 N–H and O–H groups in total. The summed E-state index contributed by atoms with van der Waals surface area (Å²) in [5, 5.41) is 3.16. The lowest BCUT2D eigenvalue weighted by Crippen LogP contribution is -2.35. The molecule has 5 heteroatoms. The van der Waals surface area contributed by atoms with Crippen LogP contribution in [0.1, 0.15) is 6.92 Å². The van der Waals surface area contributed by atoms with Gasteiger partial charge in [-0.3, -0.25) is 0 Å². The van der Waals surface area contributed by atoms with E-state index in [0.717, 1.165) is 0 Å². The van der Waals surface area contributed by atoms with Gasteiger partial charge in [-0.05, 0) is 6.92 Å². The Balaban J connectivity index is 2.00. The number of rotatable bonds is 7. The highest BCUT2D eigenvalue weighted by molar-refractivity contribution is 4.57. The molecule has 0 amide bonds. The summed E-state index contributed by atoms with van der Waals surface area (Å²) in [7, 11) is 1.63. The van der Waals surface area contributed by atoms with Gasteiger partial charge in [0.05, 0.1) is 13.2 Å². The first kappa shape index (κ1) is 11.9. The van der Waals surface area contributed by atoms with Crippen LogP contribution in [0.25, 0.3) is 0 Å². The highest BCUT2D eigenvalue weighted by Crippen LogP contribution is 2.01. The van der Waals surface area contributed by atoms with Gasteiger partial charge in [0.25, 0.3) is 0 Å². The van der Waals surface area contributed by atoms with Crippen molar-refractivity contribution in [1.29, 1.82) is 0 Å². The zero-order valence-corrected chi connectivity index (χ0v) is 8.82. The lowest BCUT2D eigenvalue weighted by Gasteiger charge is -2.17. The summed E-state index contributed by atoms with van der Waals surface area (Å²) in [5.41, 5.74) is 0. The Hall–Kier alpha value is -0.200. The van der Waals surface area contributed by atoms with Crippen molar-refractivity contribution in [3.05, 3.63) is 0 Å². The second kappa shape index (κ2) is 7.14. The van der Waals surface area contributed by atoms with E-state index in [0.29, 0.717) is 32.9 Å². The normalized spacial score (nSPS) is 20.1. The number of hydrogen-bond acceptors (Lipinski definition) is 5. The second-order valence-corrected chi connectivity index (χ2v) is 2.95. The van der Waals surface area contributed by atoms with Crippen LogP contribution in [0.3, 0.4) is 0 Å². The van der Waals surface area contributed by atoms with Crippen LogP contribution >= 0.6 is 0 Å². The van der Waals surface area contributed by atoms with Gasteiger partial charge in [0.15, 0.2) is 12.6 Å². The summed E-state index contributed by atoms with van der Waals surface area (Å²) in [4.78, 5) is 0. The Kier molecular flexibility index (Phi) is 6.05. The summed E-state index contributed by atoms with van der Waals surface area (Å²) in [6.45, 7) is 5.28. The van der Waals surface area contributed by atoms with Crippen molar-refractivity contribution in [3.63, 3.8) is 0 Å². The molecular weight excluding hydrogens is 186 g/mol. The van der Waals surface area contributed by atoms with E-state index in [9.17, 15) is 0 Å². The zero-order chi connectivity index (χ0) is 10.2. The first-order chi connectivity index (χ1) is 6.86. The molecule has 0 bridgehead atoms. The fraction of sp³-hybridized carbons (Fsp3) is 1.00. The Morgan fingerprint density at radius 2 is 2.14 bits per heavy atom. The van der Waals surface area contributed by atoms with E-state index in [2.05, 4.69) is 5.32 Å². The number of methoxy groups -OCH3 is 1. The third-order valence-electron chi connectivity index (χ3n) is 1.93. The Labute approximate surface area is 84.7 Å². The van der Waals surface area contributed by atoms with E-state index in [1.54, 1.807) is 7.11 Å². The summed E-state index contributed by atoms with van der Waals surface area (Å²) in [6, 6.07) is 0. The largest absolute Gasteiger partial charge is 0.355 e. The van der Waals surface area contributed by atoms with Gasteiger partial charge in [-0.25, -0.2) is 0 Å². The third kappa shape index (κ3) is 4.34. The van der Waals surface area contributed by atoms with Crippen molar-refractivity contribution < 1.29 is 18.9 Å². The Morgan fingerprint density at radius 3 is 2.71 bits per heavy atom. The molecular formula is C9H19NO4. The average molecular weight is 205 g/mol. The lowest BCUT2D eigenvalue weighted by atomic mass is 10.5. The molecule has 1 rings (SSSR count). The van der Waals surface area contributed by atoms with E-state index < -0.39 is 0 Å². The molecule has 5 nitrogen and oxygen atoms in total. The minimum atomic E-state index is -0.193. The van der Waals surface area contributed by atoms with E-state index >= 15 is 0 Å². The maximum Gasteiger partial charge on any atom is 0.170 e. The van der Waals surface area contributed by atoms with Crippen LogP contribution in [0.15, 0.2) is 0 Å². The maximum atomic E-state index is 5.29. The van der Waals surface area contributed by atoms with E-state index in [-0.39, 0.29) is 12.6 Å². The van der Waals surface area contributed by atoms with E-state index in [4.69, 9.17) is 18.9 Å². The fourth-order valence-corrected chi connectivity index (χ4v) is 1.24. The highest BCUT2D eigenvalue weighted by Gasteiger charge is 2.15.